The lowest BCUT2D eigenvalue weighted by Gasteiger charge is -2.05. The van der Waals surface area contributed by atoms with Crippen molar-refractivity contribution in [1.82, 2.24) is 4.98 Å². The van der Waals surface area contributed by atoms with Crippen LogP contribution in [0.1, 0.15) is 21.8 Å². The van der Waals surface area contributed by atoms with Crippen LogP contribution >= 0.6 is 11.8 Å². The maximum Gasteiger partial charge on any atom is 0.339 e. The van der Waals surface area contributed by atoms with Crippen molar-refractivity contribution in [3.63, 3.8) is 0 Å². The molecule has 2 N–H and O–H groups in total. The molecule has 1 aromatic heterocycles. The summed E-state index contributed by atoms with van der Waals surface area (Å²) in [6.45, 7) is 3.74. The fourth-order valence-electron chi connectivity index (χ4n) is 1.47. The first-order valence-corrected chi connectivity index (χ1v) is 6.42. The van der Waals surface area contributed by atoms with Crippen molar-refractivity contribution in [2.45, 2.75) is 24.0 Å². The number of benzene rings is 1. The van der Waals surface area contributed by atoms with Gasteiger partial charge >= 0.3 is 5.97 Å². The number of oxazole rings is 1. The lowest BCUT2D eigenvalue weighted by molar-refractivity contribution is 0.0601. The summed E-state index contributed by atoms with van der Waals surface area (Å²) in [5.74, 6) is 0.325. The van der Waals surface area contributed by atoms with Gasteiger partial charge in [-0.25, -0.2) is 9.78 Å². The first kappa shape index (κ1) is 13.5. The van der Waals surface area contributed by atoms with Crippen LogP contribution < -0.4 is 5.73 Å². The summed E-state index contributed by atoms with van der Waals surface area (Å²) in [4.78, 5) is 16.6. The van der Waals surface area contributed by atoms with E-state index in [-0.39, 0.29) is 0 Å². The van der Waals surface area contributed by atoms with Gasteiger partial charge in [0.25, 0.3) is 5.22 Å². The highest BCUT2D eigenvalue weighted by molar-refractivity contribution is 7.99. The van der Waals surface area contributed by atoms with E-state index in [1.807, 2.05) is 13.8 Å². The summed E-state index contributed by atoms with van der Waals surface area (Å²) in [5.41, 5.74) is 7.32. The lowest BCUT2D eigenvalue weighted by Crippen LogP contribution is -2.05. The maximum absolute atomic E-state index is 11.5. The van der Waals surface area contributed by atoms with Gasteiger partial charge in [-0.15, -0.1) is 0 Å². The molecule has 1 aromatic carbocycles. The number of hydrogen-bond donors (Lipinski definition) is 1. The van der Waals surface area contributed by atoms with E-state index in [2.05, 4.69) is 9.72 Å². The highest BCUT2D eigenvalue weighted by Crippen LogP contribution is 2.30. The molecule has 0 radical (unpaired) electrons. The first-order valence-electron chi connectivity index (χ1n) is 5.61. The number of esters is 1. The number of anilines is 1. The zero-order chi connectivity index (χ0) is 14.0. The van der Waals surface area contributed by atoms with Gasteiger partial charge in [0.1, 0.15) is 5.76 Å². The normalized spacial score (nSPS) is 10.5. The maximum atomic E-state index is 11.5. The van der Waals surface area contributed by atoms with Crippen LogP contribution in [0.15, 0.2) is 32.7 Å². The van der Waals surface area contributed by atoms with E-state index < -0.39 is 5.97 Å². The lowest BCUT2D eigenvalue weighted by atomic mass is 10.2. The number of aryl methyl sites for hydroxylation is 2. The van der Waals surface area contributed by atoms with Gasteiger partial charge in [0.05, 0.1) is 18.4 Å². The number of carbonyl (C=O) groups excluding carboxylic acids is 1. The minimum atomic E-state index is -0.459. The Hall–Kier alpha value is -1.95. The van der Waals surface area contributed by atoms with Crippen LogP contribution in [0, 0.1) is 13.8 Å². The Kier molecular flexibility index (Phi) is 3.80. The average Bonchev–Trinajstić information content (AvgIpc) is 2.69. The fraction of sp³-hybridized carbons (Fsp3) is 0.231. The highest BCUT2D eigenvalue weighted by Gasteiger charge is 2.13. The van der Waals surface area contributed by atoms with Crippen molar-refractivity contribution in [3.05, 3.63) is 35.2 Å². The van der Waals surface area contributed by atoms with Crippen LogP contribution in [0.3, 0.4) is 0 Å². The number of methoxy groups -OCH3 is 1. The van der Waals surface area contributed by atoms with Gasteiger partial charge in [0.2, 0.25) is 0 Å². The van der Waals surface area contributed by atoms with E-state index >= 15 is 0 Å². The molecule has 0 aliphatic carbocycles. The molecule has 2 aromatic rings. The first-order chi connectivity index (χ1) is 9.01. The predicted octanol–water partition coefficient (Wildman–Crippen LogP) is 2.81. The van der Waals surface area contributed by atoms with Crippen molar-refractivity contribution in [2.75, 3.05) is 12.8 Å². The Balaban J connectivity index is 2.28. The van der Waals surface area contributed by atoms with Crippen LogP contribution in [0.5, 0.6) is 0 Å². The Bertz CT molecular complexity index is 603. The molecule has 100 valence electrons. The number of hydrogen-bond acceptors (Lipinski definition) is 6. The minimum Gasteiger partial charge on any atom is -0.465 e. The molecule has 0 saturated heterocycles. The van der Waals surface area contributed by atoms with Gasteiger partial charge in [-0.2, -0.15) is 0 Å². The summed E-state index contributed by atoms with van der Waals surface area (Å²) in [6.07, 6.45) is 0. The van der Waals surface area contributed by atoms with E-state index in [0.29, 0.717) is 16.5 Å². The van der Waals surface area contributed by atoms with Gasteiger partial charge in [-0.1, -0.05) is 0 Å². The number of nitrogens with two attached hydrogens (primary N) is 1. The topological polar surface area (TPSA) is 78.3 Å². The molecule has 0 saturated carbocycles. The molecular formula is C13H14N2O3S. The summed E-state index contributed by atoms with van der Waals surface area (Å²) >= 11 is 1.33. The molecule has 6 heteroatoms. The van der Waals surface area contributed by atoms with Crippen molar-refractivity contribution < 1.29 is 13.9 Å². The Morgan fingerprint density at radius 1 is 1.42 bits per heavy atom. The van der Waals surface area contributed by atoms with E-state index in [1.165, 1.54) is 18.9 Å². The molecule has 0 bridgehead atoms. The molecule has 5 nitrogen and oxygen atoms in total. The Labute approximate surface area is 115 Å². The summed E-state index contributed by atoms with van der Waals surface area (Å²) in [7, 11) is 1.32. The zero-order valence-electron chi connectivity index (χ0n) is 10.9. The fourth-order valence-corrected chi connectivity index (χ4v) is 2.34. The summed E-state index contributed by atoms with van der Waals surface area (Å²) < 4.78 is 10.2. The average molecular weight is 278 g/mol. The van der Waals surface area contributed by atoms with Crippen molar-refractivity contribution in [1.29, 1.82) is 0 Å². The van der Waals surface area contributed by atoms with E-state index in [0.717, 1.165) is 16.3 Å². The minimum absolute atomic E-state index is 0.340. The molecule has 0 spiro atoms. The van der Waals surface area contributed by atoms with Gasteiger partial charge in [0, 0.05) is 10.6 Å². The predicted molar refractivity (Wildman–Crippen MR) is 72.3 cm³/mol. The van der Waals surface area contributed by atoms with E-state index in [4.69, 9.17) is 10.2 Å². The number of nitrogens with zero attached hydrogens (tertiary/aromatic N) is 1. The summed E-state index contributed by atoms with van der Waals surface area (Å²) in [5, 5.41) is 0.538. The van der Waals surface area contributed by atoms with Crippen LogP contribution in [-0.2, 0) is 4.74 Å². The SMILES string of the molecule is COC(=O)c1cc(Sc2nc(C)c(C)o2)ccc1N. The molecule has 19 heavy (non-hydrogen) atoms. The number of carbonyl (C=O) groups is 1. The van der Waals surface area contributed by atoms with Crippen LogP contribution in [-0.4, -0.2) is 18.1 Å². The second-order valence-corrected chi connectivity index (χ2v) is 4.99. The standard InChI is InChI=1S/C13H14N2O3S/c1-7-8(2)18-13(15-7)19-9-4-5-11(14)10(6-9)12(16)17-3/h4-6H,14H2,1-3H3. The summed E-state index contributed by atoms with van der Waals surface area (Å²) in [6, 6.07) is 5.14. The number of ether oxygens (including phenoxy) is 1. The number of aromatic nitrogens is 1. The molecule has 0 fully saturated rings. The Morgan fingerprint density at radius 2 is 2.16 bits per heavy atom. The molecule has 2 rings (SSSR count). The van der Waals surface area contributed by atoms with Crippen LogP contribution in [0.2, 0.25) is 0 Å². The van der Waals surface area contributed by atoms with Gasteiger partial charge in [-0.05, 0) is 43.8 Å². The number of nitrogen functional groups attached to an aromatic ring is 1. The monoisotopic (exact) mass is 278 g/mol. The third kappa shape index (κ3) is 2.90. The van der Waals surface area contributed by atoms with Crippen molar-refractivity contribution in [3.8, 4) is 0 Å². The van der Waals surface area contributed by atoms with Gasteiger partial charge in [0.15, 0.2) is 0 Å². The molecule has 1 heterocycles. The third-order valence-corrected chi connectivity index (χ3v) is 3.48. The van der Waals surface area contributed by atoms with E-state index in [1.54, 1.807) is 18.2 Å². The molecular weight excluding hydrogens is 264 g/mol. The number of rotatable bonds is 3. The molecule has 0 aliphatic rings. The molecule has 0 atom stereocenters. The molecule has 0 amide bonds. The molecule has 0 aliphatic heterocycles. The van der Waals surface area contributed by atoms with Gasteiger partial charge < -0.3 is 14.9 Å². The second kappa shape index (κ2) is 5.36. The molecule has 0 unspecified atom stereocenters. The van der Waals surface area contributed by atoms with Crippen LogP contribution in [0.25, 0.3) is 0 Å². The third-order valence-electron chi connectivity index (χ3n) is 2.64. The quantitative estimate of drug-likeness (QED) is 0.687. The zero-order valence-corrected chi connectivity index (χ0v) is 11.7. The second-order valence-electron chi connectivity index (χ2n) is 3.96. The van der Waals surface area contributed by atoms with E-state index in [9.17, 15) is 4.79 Å². The van der Waals surface area contributed by atoms with Crippen LogP contribution in [0.4, 0.5) is 5.69 Å². The Morgan fingerprint density at radius 3 is 2.74 bits per heavy atom. The highest BCUT2D eigenvalue weighted by atomic mass is 32.2. The van der Waals surface area contributed by atoms with Gasteiger partial charge in [-0.3, -0.25) is 0 Å². The van der Waals surface area contributed by atoms with Crippen molar-refractivity contribution >= 4 is 23.4 Å². The smallest absolute Gasteiger partial charge is 0.339 e. The van der Waals surface area contributed by atoms with Crippen molar-refractivity contribution in [2.24, 2.45) is 0 Å². The largest absolute Gasteiger partial charge is 0.465 e.